The number of amides is 2. The van der Waals surface area contributed by atoms with Crippen LogP contribution in [0, 0.1) is 0 Å². The van der Waals surface area contributed by atoms with Crippen LogP contribution in [0.1, 0.15) is 16.2 Å². The van der Waals surface area contributed by atoms with E-state index in [0.717, 1.165) is 28.0 Å². The second kappa shape index (κ2) is 9.67. The summed E-state index contributed by atoms with van der Waals surface area (Å²) >= 11 is 2.44. The van der Waals surface area contributed by atoms with Gasteiger partial charge in [0.05, 0.1) is 23.6 Å². The number of aldehydes is 1. The van der Waals surface area contributed by atoms with Crippen molar-refractivity contribution in [3.8, 4) is 0 Å². The molecular weight excluding hydrogens is 522 g/mol. The summed E-state index contributed by atoms with van der Waals surface area (Å²) in [7, 11) is 1.27. The van der Waals surface area contributed by atoms with Crippen molar-refractivity contribution in [1.29, 1.82) is 0 Å². The number of thiazole rings is 1. The Labute approximate surface area is 217 Å². The van der Waals surface area contributed by atoms with Gasteiger partial charge >= 0.3 is 0 Å². The molecule has 1 fully saturated rings. The Morgan fingerprint density at radius 1 is 1.43 bits per heavy atom. The van der Waals surface area contributed by atoms with Gasteiger partial charge in [-0.1, -0.05) is 5.16 Å². The molecule has 0 aliphatic carbocycles. The maximum absolute atomic E-state index is 13.0. The quantitative estimate of drug-likeness (QED) is 0.113. The number of hydrogen-bond donors (Lipinski definition) is 2. The van der Waals surface area contributed by atoms with Gasteiger partial charge in [-0.3, -0.25) is 19.3 Å². The lowest BCUT2D eigenvalue weighted by molar-refractivity contribution is -0.688. The third-order valence-corrected chi connectivity index (χ3v) is 7.88. The molecule has 0 aromatic carbocycles. The summed E-state index contributed by atoms with van der Waals surface area (Å²) in [4.78, 5) is 59.0. The van der Waals surface area contributed by atoms with Gasteiger partial charge in [-0.05, 0) is 12.1 Å². The Bertz CT molecular complexity index is 1510. The van der Waals surface area contributed by atoms with Gasteiger partial charge in [-0.2, -0.15) is 4.57 Å². The number of anilines is 1. The molecule has 3 aromatic rings. The van der Waals surface area contributed by atoms with Gasteiger partial charge in [0.2, 0.25) is 0 Å². The second-order valence-corrected chi connectivity index (χ2v) is 10.1. The van der Waals surface area contributed by atoms with E-state index in [0.29, 0.717) is 17.0 Å². The van der Waals surface area contributed by atoms with Gasteiger partial charge in [0, 0.05) is 16.7 Å². The molecule has 0 spiro atoms. The normalized spacial score (nSPS) is 19.4. The van der Waals surface area contributed by atoms with Crippen LogP contribution in [-0.2, 0) is 25.8 Å². The lowest BCUT2D eigenvalue weighted by Crippen LogP contribution is -2.71. The molecule has 2 aliphatic rings. The van der Waals surface area contributed by atoms with Gasteiger partial charge in [-0.25, -0.2) is 4.98 Å². The Morgan fingerprint density at radius 2 is 2.24 bits per heavy atom. The topological polar surface area (TPSA) is 175 Å². The summed E-state index contributed by atoms with van der Waals surface area (Å²) < 4.78 is 3.47. The van der Waals surface area contributed by atoms with Crippen molar-refractivity contribution < 1.29 is 33.7 Å². The van der Waals surface area contributed by atoms with Crippen LogP contribution in [0.5, 0.6) is 0 Å². The molecule has 1 saturated heterocycles. The summed E-state index contributed by atoms with van der Waals surface area (Å²) in [6, 6.07) is 2.48. The van der Waals surface area contributed by atoms with E-state index in [2.05, 4.69) is 15.5 Å². The average molecular weight is 542 g/mol. The van der Waals surface area contributed by atoms with Crippen LogP contribution in [0.4, 0.5) is 5.13 Å². The highest BCUT2D eigenvalue weighted by Gasteiger charge is 2.53. The lowest BCUT2D eigenvalue weighted by atomic mass is 10.0. The highest BCUT2D eigenvalue weighted by molar-refractivity contribution is 8.00. The molecule has 0 unspecified atom stereocenters. The number of nitrogens with two attached hydrogens (primary N) is 1. The van der Waals surface area contributed by atoms with Crippen molar-refractivity contribution in [2.75, 3.05) is 18.6 Å². The molecule has 0 bridgehead atoms. The van der Waals surface area contributed by atoms with E-state index < -0.39 is 29.2 Å². The number of carbonyl (C=O) groups excluding carboxylic acids is 4. The summed E-state index contributed by atoms with van der Waals surface area (Å²) in [5, 5.41) is 19.5. The molecule has 3 N–H and O–H groups in total. The van der Waals surface area contributed by atoms with Crippen LogP contribution in [0.2, 0.25) is 0 Å². The summed E-state index contributed by atoms with van der Waals surface area (Å²) in [5.74, 6) is -2.48. The highest BCUT2D eigenvalue weighted by Crippen LogP contribution is 2.40. The number of nitrogens with one attached hydrogen (secondary N) is 1. The lowest BCUT2D eigenvalue weighted by Gasteiger charge is -2.50. The molecule has 2 aliphatic heterocycles. The Hall–Kier alpha value is -4.24. The minimum absolute atomic E-state index is 0.159. The van der Waals surface area contributed by atoms with Gasteiger partial charge in [-0.15, -0.1) is 23.1 Å². The van der Waals surface area contributed by atoms with Crippen LogP contribution >= 0.6 is 23.1 Å². The first-order valence-electron chi connectivity index (χ1n) is 10.8. The van der Waals surface area contributed by atoms with Gasteiger partial charge < -0.3 is 30.2 Å². The number of rotatable bonds is 8. The Balaban J connectivity index is 1.36. The molecule has 0 radical (unpaired) electrons. The number of fused-ring (bicyclic) bond motifs is 2. The fourth-order valence-corrected chi connectivity index (χ4v) is 6.12. The highest BCUT2D eigenvalue weighted by atomic mass is 32.2. The molecule has 2 amide bonds. The van der Waals surface area contributed by atoms with Crippen molar-refractivity contribution in [3.63, 3.8) is 0 Å². The number of β-lactam (4-membered cyclic amide) rings is 1. The summed E-state index contributed by atoms with van der Waals surface area (Å²) in [6.45, 7) is 0.192. The van der Waals surface area contributed by atoms with Crippen molar-refractivity contribution >= 4 is 63.5 Å². The van der Waals surface area contributed by atoms with E-state index >= 15 is 0 Å². The molecule has 190 valence electrons. The predicted molar refractivity (Wildman–Crippen MR) is 130 cm³/mol. The van der Waals surface area contributed by atoms with Crippen LogP contribution < -0.4 is 20.7 Å². The average Bonchev–Trinajstić information content (AvgIpc) is 3.50. The zero-order chi connectivity index (χ0) is 26.3. The van der Waals surface area contributed by atoms with E-state index in [1.165, 1.54) is 24.3 Å². The number of nitrogens with zero attached hydrogens (tertiary/aromatic N) is 5. The first kappa shape index (κ1) is 24.5. The number of carbonyl (C=O) groups is 4. The molecule has 5 rings (SSSR count). The van der Waals surface area contributed by atoms with Crippen LogP contribution in [0.25, 0.3) is 5.52 Å². The molecular formula is C22H19N7O6S2. The largest absolute Gasteiger partial charge is 0.543 e. The fraction of sp³-hybridized carbons (Fsp3) is 0.227. The zero-order valence-corrected chi connectivity index (χ0v) is 20.8. The number of oxime groups is 1. The van der Waals surface area contributed by atoms with E-state index in [1.807, 2.05) is 0 Å². The third kappa shape index (κ3) is 4.31. The smallest absolute Gasteiger partial charge is 0.276 e. The van der Waals surface area contributed by atoms with Crippen LogP contribution in [-0.4, -0.2) is 68.3 Å². The molecule has 0 saturated carbocycles. The first-order chi connectivity index (χ1) is 17.8. The number of aliphatic carboxylic acids is 1. The number of hydrogen-bond acceptors (Lipinski definition) is 11. The predicted octanol–water partition coefficient (Wildman–Crippen LogP) is -1.47. The molecule has 37 heavy (non-hydrogen) atoms. The number of carboxylic acids is 1. The van der Waals surface area contributed by atoms with Crippen molar-refractivity contribution in [2.24, 2.45) is 5.16 Å². The second-order valence-electron chi connectivity index (χ2n) is 8.06. The Morgan fingerprint density at radius 3 is 2.92 bits per heavy atom. The van der Waals surface area contributed by atoms with Crippen molar-refractivity contribution in [3.05, 3.63) is 58.8 Å². The van der Waals surface area contributed by atoms with Crippen LogP contribution in [0.3, 0.4) is 0 Å². The summed E-state index contributed by atoms with van der Waals surface area (Å²) in [5.41, 5.74) is 7.18. The zero-order valence-electron chi connectivity index (χ0n) is 19.2. The molecule has 13 nitrogen and oxygen atoms in total. The van der Waals surface area contributed by atoms with E-state index in [4.69, 9.17) is 10.6 Å². The summed E-state index contributed by atoms with van der Waals surface area (Å²) in [6.07, 6.45) is 5.92. The maximum atomic E-state index is 13.0. The molecule has 15 heteroatoms. The third-order valence-electron chi connectivity index (χ3n) is 5.87. The van der Waals surface area contributed by atoms with Crippen molar-refractivity contribution in [2.45, 2.75) is 18.0 Å². The van der Waals surface area contributed by atoms with E-state index in [1.54, 1.807) is 39.7 Å². The number of aromatic nitrogens is 3. The first-order valence-corrected chi connectivity index (χ1v) is 12.7. The minimum Gasteiger partial charge on any atom is -0.543 e. The van der Waals surface area contributed by atoms with Gasteiger partial charge in [0.25, 0.3) is 11.8 Å². The standard InChI is InChI=1S/C22H19N7O6S2/c1-35-26-15(14-10-37-22(23)24-14)18(31)25-16-19(32)29-17(21(33)34)11(9-36-20(16)29)6-27-4-5-28-12(7-27)2-3-13(28)8-30/h2-5,7-8,10,16,20H,6,9H2,1H3,(H3-,23,24,25,31,33,34)/b26-15-/t16-,20-/m1/s1. The maximum Gasteiger partial charge on any atom is 0.276 e. The molecule has 2 atom stereocenters. The Kier molecular flexibility index (Phi) is 6.39. The van der Waals surface area contributed by atoms with Crippen molar-refractivity contribution in [1.82, 2.24) is 19.6 Å². The van der Waals surface area contributed by atoms with E-state index in [-0.39, 0.29) is 28.8 Å². The van der Waals surface area contributed by atoms with Gasteiger partial charge in [0.15, 0.2) is 36.1 Å². The monoisotopic (exact) mass is 541 g/mol. The van der Waals surface area contributed by atoms with Gasteiger partial charge in [0.1, 0.15) is 29.7 Å². The number of nitrogen functional groups attached to an aromatic ring is 1. The number of carboxylic acid groups (broad SMARTS) is 1. The SMILES string of the molecule is CO/N=C(\C(=O)N[C@@H]1C(=O)N2C(C(=O)[O-])=C(C[n+]3ccn4c(C=O)ccc4c3)CS[C@H]12)c1csc(N)n1. The molecule has 5 heterocycles. The molecule has 3 aromatic heterocycles. The van der Waals surface area contributed by atoms with Crippen LogP contribution in [0.15, 0.2) is 52.5 Å². The minimum atomic E-state index is -1.48. The number of thioether (sulfide) groups is 1. The van der Waals surface area contributed by atoms with E-state index in [9.17, 15) is 24.3 Å². The fourth-order valence-electron chi connectivity index (χ4n) is 4.23.